The Bertz CT molecular complexity index is 686. The van der Waals surface area contributed by atoms with E-state index in [4.69, 9.17) is 0 Å². The van der Waals surface area contributed by atoms with Gasteiger partial charge in [0.1, 0.15) is 5.82 Å². The zero-order valence-corrected chi connectivity index (χ0v) is 10.4. The molecule has 4 heteroatoms. The molecule has 3 aromatic heterocycles. The molecule has 0 aromatic carbocycles. The monoisotopic (exact) mass is 238 g/mol. The fourth-order valence-corrected chi connectivity index (χ4v) is 2.03. The second-order valence-electron chi connectivity index (χ2n) is 4.24. The van der Waals surface area contributed by atoms with Crippen molar-refractivity contribution < 1.29 is 0 Å². The number of pyridine rings is 2. The first-order valence-corrected chi connectivity index (χ1v) is 6.05. The van der Waals surface area contributed by atoms with Gasteiger partial charge in [0.05, 0.1) is 11.2 Å². The smallest absolute Gasteiger partial charge is 0.177 e. The summed E-state index contributed by atoms with van der Waals surface area (Å²) in [6.07, 6.45) is 2.68. The van der Waals surface area contributed by atoms with E-state index in [1.54, 1.807) is 6.20 Å². The Morgan fingerprint density at radius 3 is 2.83 bits per heavy atom. The average Bonchev–Trinajstić information content (AvgIpc) is 2.80. The zero-order valence-electron chi connectivity index (χ0n) is 10.4. The maximum atomic E-state index is 4.54. The van der Waals surface area contributed by atoms with E-state index in [1.807, 2.05) is 25.1 Å². The van der Waals surface area contributed by atoms with Crippen LogP contribution in [0, 0.1) is 6.92 Å². The third kappa shape index (κ3) is 1.76. The summed E-state index contributed by atoms with van der Waals surface area (Å²) in [7, 11) is 0. The molecule has 90 valence electrons. The molecule has 0 amide bonds. The summed E-state index contributed by atoms with van der Waals surface area (Å²) in [6.45, 7) is 4.06. The van der Waals surface area contributed by atoms with E-state index in [-0.39, 0.29) is 0 Å². The van der Waals surface area contributed by atoms with Gasteiger partial charge in [0.2, 0.25) is 0 Å². The Morgan fingerprint density at radius 2 is 2.11 bits per heavy atom. The summed E-state index contributed by atoms with van der Waals surface area (Å²) < 4.78 is 0. The summed E-state index contributed by atoms with van der Waals surface area (Å²) in [5, 5.41) is 0. The van der Waals surface area contributed by atoms with Crippen LogP contribution in [0.15, 0.2) is 30.5 Å². The van der Waals surface area contributed by atoms with Gasteiger partial charge >= 0.3 is 0 Å². The molecule has 0 saturated carbocycles. The minimum absolute atomic E-state index is 0.782. The van der Waals surface area contributed by atoms with Crippen LogP contribution in [-0.2, 0) is 6.42 Å². The Kier molecular flexibility index (Phi) is 2.55. The lowest BCUT2D eigenvalue weighted by atomic mass is 10.1. The van der Waals surface area contributed by atoms with Crippen LogP contribution in [0.4, 0.5) is 0 Å². The van der Waals surface area contributed by atoms with E-state index in [9.17, 15) is 0 Å². The molecular formula is C14H14N4. The lowest BCUT2D eigenvalue weighted by Gasteiger charge is -2.03. The van der Waals surface area contributed by atoms with Crippen molar-refractivity contribution in [1.82, 2.24) is 19.9 Å². The number of aromatic amines is 1. The van der Waals surface area contributed by atoms with Crippen molar-refractivity contribution in [2.75, 3.05) is 0 Å². The first-order chi connectivity index (χ1) is 8.78. The highest BCUT2D eigenvalue weighted by Gasteiger charge is 2.09. The molecule has 0 aliphatic rings. The largest absolute Gasteiger partial charge is 0.341 e. The van der Waals surface area contributed by atoms with Crippen molar-refractivity contribution in [3.8, 4) is 11.3 Å². The Morgan fingerprint density at radius 1 is 1.22 bits per heavy atom. The van der Waals surface area contributed by atoms with Crippen LogP contribution < -0.4 is 0 Å². The number of nitrogens with one attached hydrogen (secondary N) is 1. The number of hydrogen-bond donors (Lipinski definition) is 1. The zero-order chi connectivity index (χ0) is 12.5. The topological polar surface area (TPSA) is 54.5 Å². The van der Waals surface area contributed by atoms with Gasteiger partial charge in [-0.1, -0.05) is 13.0 Å². The molecule has 0 bridgehead atoms. The summed E-state index contributed by atoms with van der Waals surface area (Å²) in [6, 6.07) is 7.96. The predicted octanol–water partition coefficient (Wildman–Crippen LogP) is 2.89. The SMILES string of the molecule is CCc1nc2nc(C)c(-c3ccccn3)cc2[nH]1. The van der Waals surface area contributed by atoms with Crippen LogP contribution in [0.1, 0.15) is 18.4 Å². The van der Waals surface area contributed by atoms with Gasteiger partial charge in [-0.15, -0.1) is 0 Å². The highest BCUT2D eigenvalue weighted by atomic mass is 15.0. The fraction of sp³-hybridized carbons (Fsp3) is 0.214. The number of rotatable bonds is 2. The van der Waals surface area contributed by atoms with Crippen molar-refractivity contribution in [2.24, 2.45) is 0 Å². The Hall–Kier alpha value is -2.23. The maximum absolute atomic E-state index is 4.54. The van der Waals surface area contributed by atoms with Crippen molar-refractivity contribution in [1.29, 1.82) is 0 Å². The lowest BCUT2D eigenvalue weighted by Crippen LogP contribution is -1.90. The molecule has 3 rings (SSSR count). The number of aryl methyl sites for hydroxylation is 2. The quantitative estimate of drug-likeness (QED) is 0.746. The van der Waals surface area contributed by atoms with Crippen molar-refractivity contribution in [3.05, 3.63) is 42.0 Å². The molecule has 18 heavy (non-hydrogen) atoms. The first-order valence-electron chi connectivity index (χ1n) is 6.05. The second kappa shape index (κ2) is 4.22. The van der Waals surface area contributed by atoms with Crippen molar-refractivity contribution >= 4 is 11.2 Å². The van der Waals surface area contributed by atoms with E-state index in [0.717, 1.165) is 40.4 Å². The minimum Gasteiger partial charge on any atom is -0.341 e. The van der Waals surface area contributed by atoms with Gasteiger partial charge in [-0.2, -0.15) is 0 Å². The number of hydrogen-bond acceptors (Lipinski definition) is 3. The fourth-order valence-electron chi connectivity index (χ4n) is 2.03. The number of H-pyrrole nitrogens is 1. The van der Waals surface area contributed by atoms with Crippen LogP contribution in [0.25, 0.3) is 22.4 Å². The first kappa shape index (κ1) is 10.9. The Labute approximate surface area is 105 Å². The van der Waals surface area contributed by atoms with Crippen LogP contribution in [-0.4, -0.2) is 19.9 Å². The van der Waals surface area contributed by atoms with Crippen LogP contribution >= 0.6 is 0 Å². The molecule has 1 N–H and O–H groups in total. The van der Waals surface area contributed by atoms with Crippen molar-refractivity contribution in [3.63, 3.8) is 0 Å². The number of nitrogens with zero attached hydrogens (tertiary/aromatic N) is 3. The summed E-state index contributed by atoms with van der Waals surface area (Å²) in [5.74, 6) is 0.968. The van der Waals surface area contributed by atoms with Crippen molar-refractivity contribution in [2.45, 2.75) is 20.3 Å². The lowest BCUT2D eigenvalue weighted by molar-refractivity contribution is 0.997. The van der Waals surface area contributed by atoms with Gasteiger partial charge in [-0.25, -0.2) is 9.97 Å². The van der Waals surface area contributed by atoms with Crippen LogP contribution in [0.2, 0.25) is 0 Å². The minimum atomic E-state index is 0.782. The maximum Gasteiger partial charge on any atom is 0.177 e. The molecule has 0 aliphatic carbocycles. The van der Waals surface area contributed by atoms with Crippen LogP contribution in [0.5, 0.6) is 0 Å². The van der Waals surface area contributed by atoms with E-state index in [1.165, 1.54) is 0 Å². The van der Waals surface area contributed by atoms with E-state index in [0.29, 0.717) is 0 Å². The molecule has 0 aliphatic heterocycles. The molecule has 0 fully saturated rings. The summed E-state index contributed by atoms with van der Waals surface area (Å²) in [5.41, 5.74) is 4.70. The molecular weight excluding hydrogens is 224 g/mol. The van der Waals surface area contributed by atoms with Gasteiger partial charge in [0, 0.05) is 23.9 Å². The highest BCUT2D eigenvalue weighted by molar-refractivity contribution is 5.78. The average molecular weight is 238 g/mol. The normalized spacial score (nSPS) is 11.0. The van der Waals surface area contributed by atoms with E-state index < -0.39 is 0 Å². The van der Waals surface area contributed by atoms with Crippen LogP contribution in [0.3, 0.4) is 0 Å². The van der Waals surface area contributed by atoms with Gasteiger partial charge in [0.15, 0.2) is 5.65 Å². The number of imidazole rings is 1. The molecule has 3 heterocycles. The van der Waals surface area contributed by atoms with Gasteiger partial charge in [-0.3, -0.25) is 4.98 Å². The number of aromatic nitrogens is 4. The summed E-state index contributed by atoms with van der Waals surface area (Å²) >= 11 is 0. The van der Waals surface area contributed by atoms with Gasteiger partial charge < -0.3 is 4.98 Å². The molecule has 0 spiro atoms. The van der Waals surface area contributed by atoms with Gasteiger partial charge in [-0.05, 0) is 25.1 Å². The number of fused-ring (bicyclic) bond motifs is 1. The second-order valence-corrected chi connectivity index (χ2v) is 4.24. The van der Waals surface area contributed by atoms with Gasteiger partial charge in [0.25, 0.3) is 0 Å². The molecule has 0 saturated heterocycles. The third-order valence-corrected chi connectivity index (χ3v) is 2.99. The van der Waals surface area contributed by atoms with E-state index in [2.05, 4.69) is 32.9 Å². The van der Waals surface area contributed by atoms with E-state index >= 15 is 0 Å². The predicted molar refractivity (Wildman–Crippen MR) is 71.2 cm³/mol. The molecule has 0 radical (unpaired) electrons. The standard InChI is InChI=1S/C14H14N4/c1-3-13-17-12-8-10(9(2)16-14(12)18-13)11-6-4-5-7-15-11/h4-8H,3H2,1-2H3,(H,16,17,18). The Balaban J connectivity index is 2.21. The molecule has 3 aromatic rings. The third-order valence-electron chi connectivity index (χ3n) is 2.99. The molecule has 0 unspecified atom stereocenters. The summed E-state index contributed by atoms with van der Waals surface area (Å²) in [4.78, 5) is 16.6. The molecule has 0 atom stereocenters. The molecule has 4 nitrogen and oxygen atoms in total. The highest BCUT2D eigenvalue weighted by Crippen LogP contribution is 2.23.